The first-order valence-corrected chi connectivity index (χ1v) is 6.29. The molecular formula is C12H16N4O2. The molecular weight excluding hydrogens is 232 g/mol. The molecule has 2 aliphatic rings. The van der Waals surface area contributed by atoms with Crippen molar-refractivity contribution in [1.29, 1.82) is 0 Å². The maximum atomic E-state index is 12.2. The van der Waals surface area contributed by atoms with E-state index in [0.29, 0.717) is 19.0 Å². The number of rotatable bonds is 4. The third kappa shape index (κ3) is 2.23. The molecule has 96 valence electrons. The van der Waals surface area contributed by atoms with Gasteiger partial charge in [0.25, 0.3) is 0 Å². The van der Waals surface area contributed by atoms with Gasteiger partial charge in [-0.15, -0.1) is 0 Å². The van der Waals surface area contributed by atoms with E-state index in [2.05, 4.69) is 10.4 Å². The second kappa shape index (κ2) is 4.44. The SMILES string of the molecule is O=C1CN(CCn2cccn2)C(=O)C(C2CC2)N1. The predicted octanol–water partition coefficient (Wildman–Crippen LogP) is -0.380. The highest BCUT2D eigenvalue weighted by Crippen LogP contribution is 2.34. The van der Waals surface area contributed by atoms with Crippen molar-refractivity contribution in [3.8, 4) is 0 Å². The number of amides is 2. The Kier molecular flexibility index (Phi) is 2.77. The van der Waals surface area contributed by atoms with E-state index in [-0.39, 0.29) is 24.4 Å². The molecule has 1 aliphatic heterocycles. The fourth-order valence-corrected chi connectivity index (χ4v) is 2.32. The van der Waals surface area contributed by atoms with E-state index >= 15 is 0 Å². The van der Waals surface area contributed by atoms with E-state index in [1.54, 1.807) is 15.8 Å². The first-order chi connectivity index (χ1) is 8.74. The molecule has 1 N–H and O–H groups in total. The molecule has 1 saturated heterocycles. The number of nitrogens with zero attached hydrogens (tertiary/aromatic N) is 3. The van der Waals surface area contributed by atoms with Gasteiger partial charge in [0.15, 0.2) is 0 Å². The number of hydrogen-bond acceptors (Lipinski definition) is 3. The van der Waals surface area contributed by atoms with Crippen molar-refractivity contribution in [2.45, 2.75) is 25.4 Å². The minimum atomic E-state index is -0.288. The van der Waals surface area contributed by atoms with Crippen molar-refractivity contribution in [3.63, 3.8) is 0 Å². The van der Waals surface area contributed by atoms with E-state index in [9.17, 15) is 9.59 Å². The van der Waals surface area contributed by atoms with Crippen LogP contribution >= 0.6 is 0 Å². The number of carbonyl (C=O) groups is 2. The van der Waals surface area contributed by atoms with E-state index in [4.69, 9.17) is 0 Å². The van der Waals surface area contributed by atoms with Crippen molar-refractivity contribution < 1.29 is 9.59 Å². The van der Waals surface area contributed by atoms with Gasteiger partial charge in [-0.25, -0.2) is 0 Å². The molecule has 2 amide bonds. The molecule has 6 heteroatoms. The average molecular weight is 248 g/mol. The minimum absolute atomic E-state index is 0.0491. The molecule has 1 aromatic heterocycles. The Labute approximate surface area is 105 Å². The highest BCUT2D eigenvalue weighted by molar-refractivity contribution is 5.95. The normalized spacial score (nSPS) is 24.2. The fourth-order valence-electron chi connectivity index (χ4n) is 2.32. The Morgan fingerprint density at radius 1 is 1.33 bits per heavy atom. The van der Waals surface area contributed by atoms with Crippen molar-refractivity contribution in [1.82, 2.24) is 20.0 Å². The van der Waals surface area contributed by atoms with Crippen LogP contribution in [0.2, 0.25) is 0 Å². The molecule has 0 radical (unpaired) electrons. The van der Waals surface area contributed by atoms with E-state index in [1.807, 2.05) is 12.3 Å². The molecule has 0 bridgehead atoms. The first-order valence-electron chi connectivity index (χ1n) is 6.29. The summed E-state index contributed by atoms with van der Waals surface area (Å²) in [5, 5.41) is 6.89. The molecule has 18 heavy (non-hydrogen) atoms. The number of nitrogens with one attached hydrogen (secondary N) is 1. The summed E-state index contributed by atoms with van der Waals surface area (Å²) in [5.41, 5.74) is 0. The van der Waals surface area contributed by atoms with Crippen LogP contribution in [0.3, 0.4) is 0 Å². The van der Waals surface area contributed by atoms with Gasteiger partial charge in [0.1, 0.15) is 6.04 Å². The monoisotopic (exact) mass is 248 g/mol. The van der Waals surface area contributed by atoms with Crippen LogP contribution in [0, 0.1) is 5.92 Å². The van der Waals surface area contributed by atoms with Gasteiger partial charge in [-0.1, -0.05) is 0 Å². The molecule has 1 saturated carbocycles. The Hall–Kier alpha value is -1.85. The van der Waals surface area contributed by atoms with Crippen molar-refractivity contribution in [2.75, 3.05) is 13.1 Å². The molecule has 2 fully saturated rings. The Morgan fingerprint density at radius 3 is 2.83 bits per heavy atom. The summed E-state index contributed by atoms with van der Waals surface area (Å²) in [6, 6.07) is 1.56. The van der Waals surface area contributed by atoms with Gasteiger partial charge in [-0.3, -0.25) is 14.3 Å². The molecule has 1 atom stereocenters. The zero-order chi connectivity index (χ0) is 12.5. The van der Waals surface area contributed by atoms with Crippen LogP contribution in [0.5, 0.6) is 0 Å². The van der Waals surface area contributed by atoms with Crippen LogP contribution in [0.15, 0.2) is 18.5 Å². The second-order valence-corrected chi connectivity index (χ2v) is 4.91. The second-order valence-electron chi connectivity index (χ2n) is 4.91. The lowest BCUT2D eigenvalue weighted by molar-refractivity contribution is -0.145. The molecule has 6 nitrogen and oxygen atoms in total. The minimum Gasteiger partial charge on any atom is -0.342 e. The number of aromatic nitrogens is 2. The zero-order valence-electron chi connectivity index (χ0n) is 10.1. The van der Waals surface area contributed by atoms with Gasteiger partial charge < -0.3 is 10.2 Å². The van der Waals surface area contributed by atoms with Crippen molar-refractivity contribution in [2.24, 2.45) is 5.92 Å². The number of piperazine rings is 1. The standard InChI is InChI=1S/C12H16N4O2/c17-10-8-15(6-7-16-5-1-4-13-16)12(18)11(14-10)9-2-3-9/h1,4-5,9,11H,2-3,6-8H2,(H,14,17). The lowest BCUT2D eigenvalue weighted by atomic mass is 10.1. The lowest BCUT2D eigenvalue weighted by Crippen LogP contribution is -2.59. The Balaban J connectivity index is 1.62. The highest BCUT2D eigenvalue weighted by atomic mass is 16.2. The van der Waals surface area contributed by atoms with Crippen molar-refractivity contribution in [3.05, 3.63) is 18.5 Å². The summed E-state index contributed by atoms with van der Waals surface area (Å²) in [6.45, 7) is 1.34. The fraction of sp³-hybridized carbons (Fsp3) is 0.583. The summed E-state index contributed by atoms with van der Waals surface area (Å²) < 4.78 is 1.77. The maximum absolute atomic E-state index is 12.2. The van der Waals surface area contributed by atoms with Gasteiger partial charge in [0.2, 0.25) is 11.8 Å². The summed E-state index contributed by atoms with van der Waals surface area (Å²) in [6.07, 6.45) is 5.65. The largest absolute Gasteiger partial charge is 0.342 e. The van der Waals surface area contributed by atoms with Gasteiger partial charge in [0.05, 0.1) is 13.1 Å². The number of carbonyl (C=O) groups excluding carboxylic acids is 2. The van der Waals surface area contributed by atoms with Gasteiger partial charge in [-0.2, -0.15) is 5.10 Å². The summed E-state index contributed by atoms with van der Waals surface area (Å²) in [7, 11) is 0. The summed E-state index contributed by atoms with van der Waals surface area (Å²) in [5.74, 6) is 0.366. The molecule has 1 aliphatic carbocycles. The molecule has 0 aromatic carbocycles. The zero-order valence-corrected chi connectivity index (χ0v) is 10.1. The smallest absolute Gasteiger partial charge is 0.245 e. The van der Waals surface area contributed by atoms with E-state index in [1.165, 1.54) is 0 Å². The third-order valence-corrected chi connectivity index (χ3v) is 3.48. The topological polar surface area (TPSA) is 67.2 Å². The first kappa shape index (κ1) is 11.3. The molecule has 3 rings (SSSR count). The summed E-state index contributed by atoms with van der Waals surface area (Å²) >= 11 is 0. The maximum Gasteiger partial charge on any atom is 0.245 e. The quantitative estimate of drug-likeness (QED) is 0.790. The van der Waals surface area contributed by atoms with E-state index in [0.717, 1.165) is 12.8 Å². The van der Waals surface area contributed by atoms with Crippen LogP contribution in [0.4, 0.5) is 0 Å². The summed E-state index contributed by atoms with van der Waals surface area (Å²) in [4.78, 5) is 25.4. The van der Waals surface area contributed by atoms with Crippen LogP contribution in [-0.4, -0.2) is 45.6 Å². The highest BCUT2D eigenvalue weighted by Gasteiger charge is 2.42. The van der Waals surface area contributed by atoms with Gasteiger partial charge in [0, 0.05) is 18.9 Å². The van der Waals surface area contributed by atoms with Gasteiger partial charge >= 0.3 is 0 Å². The predicted molar refractivity (Wildman–Crippen MR) is 63.5 cm³/mol. The van der Waals surface area contributed by atoms with Crippen molar-refractivity contribution >= 4 is 11.8 Å². The number of hydrogen-bond donors (Lipinski definition) is 1. The van der Waals surface area contributed by atoms with Crippen LogP contribution < -0.4 is 5.32 Å². The van der Waals surface area contributed by atoms with Crippen LogP contribution in [0.1, 0.15) is 12.8 Å². The van der Waals surface area contributed by atoms with E-state index < -0.39 is 0 Å². The molecule has 1 aromatic rings. The van der Waals surface area contributed by atoms with Gasteiger partial charge in [-0.05, 0) is 24.8 Å². The average Bonchev–Trinajstić information content (AvgIpc) is 3.06. The Morgan fingerprint density at radius 2 is 2.17 bits per heavy atom. The molecule has 2 heterocycles. The lowest BCUT2D eigenvalue weighted by Gasteiger charge is -2.32. The Bertz CT molecular complexity index is 453. The van der Waals surface area contributed by atoms with Crippen LogP contribution in [0.25, 0.3) is 0 Å². The molecule has 0 spiro atoms. The third-order valence-electron chi connectivity index (χ3n) is 3.48. The molecule has 1 unspecified atom stereocenters. The van der Waals surface area contributed by atoms with Crippen LogP contribution in [-0.2, 0) is 16.1 Å².